The minimum Gasteiger partial charge on any atom is -0.342 e. The number of aromatic nitrogens is 1. The second kappa shape index (κ2) is 7.21. The normalized spacial score (nSPS) is 17.6. The van der Waals surface area contributed by atoms with Crippen LogP contribution in [0, 0.1) is 5.92 Å². The molecule has 2 heterocycles. The summed E-state index contributed by atoms with van der Waals surface area (Å²) in [6, 6.07) is 14.5. The summed E-state index contributed by atoms with van der Waals surface area (Å²) in [4.78, 5) is 18.4. The van der Waals surface area contributed by atoms with Gasteiger partial charge in [0.25, 0.3) is 0 Å². The third-order valence-corrected chi connectivity index (χ3v) is 4.36. The summed E-state index contributed by atoms with van der Waals surface area (Å²) in [6.07, 6.45) is 7.17. The second-order valence-electron chi connectivity index (χ2n) is 6.05. The molecule has 1 aromatic carbocycles. The molecular weight excluding hydrogens is 272 g/mol. The van der Waals surface area contributed by atoms with Crippen molar-refractivity contribution in [2.75, 3.05) is 13.1 Å². The van der Waals surface area contributed by atoms with Crippen LogP contribution in [0.1, 0.15) is 24.0 Å². The fourth-order valence-corrected chi connectivity index (χ4v) is 3.13. The molecule has 0 bridgehead atoms. The molecule has 114 valence electrons. The standard InChI is InChI=1S/C19H22N2O/c22-19(9-8-17-7-4-11-20-14-17)21-12-10-18(15-21)13-16-5-2-1-3-6-16/h1-7,11,14,18H,8-10,12-13,15H2/t18-/m0/s1. The molecule has 0 spiro atoms. The number of carbonyl (C=O) groups is 1. The second-order valence-corrected chi connectivity index (χ2v) is 6.05. The highest BCUT2D eigenvalue weighted by atomic mass is 16.2. The number of hydrogen-bond donors (Lipinski definition) is 0. The molecular formula is C19H22N2O. The third kappa shape index (κ3) is 3.94. The van der Waals surface area contributed by atoms with Gasteiger partial charge in [0.05, 0.1) is 0 Å². The van der Waals surface area contributed by atoms with E-state index in [2.05, 4.69) is 29.2 Å². The number of benzene rings is 1. The number of hydrogen-bond acceptors (Lipinski definition) is 2. The van der Waals surface area contributed by atoms with Crippen molar-refractivity contribution in [3.05, 3.63) is 66.0 Å². The van der Waals surface area contributed by atoms with Gasteiger partial charge in [0.2, 0.25) is 5.91 Å². The van der Waals surface area contributed by atoms with Crippen LogP contribution < -0.4 is 0 Å². The smallest absolute Gasteiger partial charge is 0.222 e. The van der Waals surface area contributed by atoms with Crippen molar-refractivity contribution >= 4 is 5.91 Å². The van der Waals surface area contributed by atoms with E-state index < -0.39 is 0 Å². The molecule has 0 radical (unpaired) electrons. The first-order chi connectivity index (χ1) is 10.8. The predicted octanol–water partition coefficient (Wildman–Crippen LogP) is 3.11. The van der Waals surface area contributed by atoms with E-state index in [0.29, 0.717) is 12.3 Å². The van der Waals surface area contributed by atoms with E-state index in [1.165, 1.54) is 5.56 Å². The van der Waals surface area contributed by atoms with Gasteiger partial charge in [-0.15, -0.1) is 0 Å². The number of amides is 1. The fourth-order valence-electron chi connectivity index (χ4n) is 3.13. The molecule has 0 unspecified atom stereocenters. The van der Waals surface area contributed by atoms with Gasteiger partial charge in [-0.25, -0.2) is 0 Å². The Morgan fingerprint density at radius 2 is 1.95 bits per heavy atom. The highest BCUT2D eigenvalue weighted by Gasteiger charge is 2.25. The van der Waals surface area contributed by atoms with Crippen LogP contribution >= 0.6 is 0 Å². The summed E-state index contributed by atoms with van der Waals surface area (Å²) in [5, 5.41) is 0. The Morgan fingerprint density at radius 3 is 2.73 bits per heavy atom. The number of aryl methyl sites for hydroxylation is 1. The molecule has 3 heteroatoms. The van der Waals surface area contributed by atoms with Crippen LogP contribution in [0.25, 0.3) is 0 Å². The highest BCUT2D eigenvalue weighted by Crippen LogP contribution is 2.21. The lowest BCUT2D eigenvalue weighted by atomic mass is 9.99. The van der Waals surface area contributed by atoms with E-state index >= 15 is 0 Å². The van der Waals surface area contributed by atoms with Crippen molar-refractivity contribution in [2.45, 2.75) is 25.7 Å². The van der Waals surface area contributed by atoms with Gasteiger partial charge in [0.15, 0.2) is 0 Å². The van der Waals surface area contributed by atoms with E-state index in [1.807, 2.05) is 29.3 Å². The zero-order chi connectivity index (χ0) is 15.2. The maximum absolute atomic E-state index is 12.3. The number of nitrogens with zero attached hydrogens (tertiary/aromatic N) is 2. The monoisotopic (exact) mass is 294 g/mol. The van der Waals surface area contributed by atoms with Gasteiger partial charge in [-0.1, -0.05) is 36.4 Å². The fraction of sp³-hybridized carbons (Fsp3) is 0.368. The molecule has 1 fully saturated rings. The molecule has 1 amide bonds. The molecule has 0 saturated carbocycles. The maximum atomic E-state index is 12.3. The lowest BCUT2D eigenvalue weighted by Crippen LogP contribution is -2.29. The van der Waals surface area contributed by atoms with Crippen LogP contribution in [0.2, 0.25) is 0 Å². The van der Waals surface area contributed by atoms with Crippen LogP contribution in [-0.2, 0) is 17.6 Å². The Bertz CT molecular complexity index is 597. The van der Waals surface area contributed by atoms with Gasteiger partial charge in [-0.3, -0.25) is 9.78 Å². The number of likely N-dealkylation sites (tertiary alicyclic amines) is 1. The molecule has 1 aromatic heterocycles. The maximum Gasteiger partial charge on any atom is 0.222 e. The Hall–Kier alpha value is -2.16. The summed E-state index contributed by atoms with van der Waals surface area (Å²) >= 11 is 0. The Labute approximate surface area is 132 Å². The van der Waals surface area contributed by atoms with E-state index in [4.69, 9.17) is 0 Å². The molecule has 2 aromatic rings. The Morgan fingerprint density at radius 1 is 1.14 bits per heavy atom. The van der Waals surface area contributed by atoms with Crippen LogP contribution in [0.3, 0.4) is 0 Å². The zero-order valence-electron chi connectivity index (χ0n) is 12.8. The van der Waals surface area contributed by atoms with Gasteiger partial charge >= 0.3 is 0 Å². The highest BCUT2D eigenvalue weighted by molar-refractivity contribution is 5.76. The topological polar surface area (TPSA) is 33.2 Å². The van der Waals surface area contributed by atoms with Crippen molar-refractivity contribution < 1.29 is 4.79 Å². The van der Waals surface area contributed by atoms with Crippen molar-refractivity contribution in [1.82, 2.24) is 9.88 Å². The molecule has 3 rings (SSSR count). The average molecular weight is 294 g/mol. The Balaban J connectivity index is 1.46. The lowest BCUT2D eigenvalue weighted by molar-refractivity contribution is -0.130. The predicted molar refractivity (Wildman–Crippen MR) is 87.4 cm³/mol. The van der Waals surface area contributed by atoms with Crippen LogP contribution in [0.5, 0.6) is 0 Å². The van der Waals surface area contributed by atoms with E-state index in [0.717, 1.165) is 37.9 Å². The molecule has 3 nitrogen and oxygen atoms in total. The van der Waals surface area contributed by atoms with Crippen molar-refractivity contribution in [3.63, 3.8) is 0 Å². The van der Waals surface area contributed by atoms with Crippen molar-refractivity contribution in [2.24, 2.45) is 5.92 Å². The first-order valence-corrected chi connectivity index (χ1v) is 8.02. The minimum absolute atomic E-state index is 0.277. The van der Waals surface area contributed by atoms with Crippen LogP contribution in [0.15, 0.2) is 54.9 Å². The number of carbonyl (C=O) groups excluding carboxylic acids is 1. The molecule has 1 aliphatic heterocycles. The van der Waals surface area contributed by atoms with Gasteiger partial charge < -0.3 is 4.90 Å². The molecule has 1 atom stereocenters. The molecule has 0 N–H and O–H groups in total. The lowest BCUT2D eigenvalue weighted by Gasteiger charge is -2.16. The SMILES string of the molecule is O=C(CCc1cccnc1)N1CC[C@@H](Cc2ccccc2)C1. The molecule has 1 saturated heterocycles. The summed E-state index contributed by atoms with van der Waals surface area (Å²) in [6.45, 7) is 1.81. The average Bonchev–Trinajstić information content (AvgIpc) is 3.03. The summed E-state index contributed by atoms with van der Waals surface area (Å²) in [5.74, 6) is 0.879. The first kappa shape index (κ1) is 14.8. The largest absolute Gasteiger partial charge is 0.342 e. The van der Waals surface area contributed by atoms with E-state index in [9.17, 15) is 4.79 Å². The minimum atomic E-state index is 0.277. The van der Waals surface area contributed by atoms with Crippen molar-refractivity contribution in [3.8, 4) is 0 Å². The summed E-state index contributed by atoms with van der Waals surface area (Å²) in [7, 11) is 0. The summed E-state index contributed by atoms with van der Waals surface area (Å²) < 4.78 is 0. The van der Waals surface area contributed by atoms with Crippen LogP contribution in [-0.4, -0.2) is 28.9 Å². The first-order valence-electron chi connectivity index (χ1n) is 8.02. The number of rotatable bonds is 5. The van der Waals surface area contributed by atoms with Crippen LogP contribution in [0.4, 0.5) is 0 Å². The van der Waals surface area contributed by atoms with Gasteiger partial charge in [-0.05, 0) is 42.4 Å². The molecule has 22 heavy (non-hydrogen) atoms. The molecule has 0 aliphatic carbocycles. The van der Waals surface area contributed by atoms with Gasteiger partial charge in [0.1, 0.15) is 0 Å². The zero-order valence-corrected chi connectivity index (χ0v) is 12.8. The third-order valence-electron chi connectivity index (χ3n) is 4.36. The quantitative estimate of drug-likeness (QED) is 0.849. The number of pyridine rings is 1. The Kier molecular flexibility index (Phi) is 4.84. The van der Waals surface area contributed by atoms with Gasteiger partial charge in [-0.2, -0.15) is 0 Å². The van der Waals surface area contributed by atoms with Crippen molar-refractivity contribution in [1.29, 1.82) is 0 Å². The van der Waals surface area contributed by atoms with E-state index in [-0.39, 0.29) is 5.91 Å². The van der Waals surface area contributed by atoms with Gasteiger partial charge in [0, 0.05) is 31.9 Å². The van der Waals surface area contributed by atoms with E-state index in [1.54, 1.807) is 6.20 Å². The summed E-state index contributed by atoms with van der Waals surface area (Å²) in [5.41, 5.74) is 2.51. The molecule has 1 aliphatic rings.